The van der Waals surface area contributed by atoms with Crippen LogP contribution in [0, 0.1) is 0 Å². The molecule has 1 N–H and O–H groups in total. The van der Waals surface area contributed by atoms with Crippen molar-refractivity contribution in [1.29, 1.82) is 0 Å². The van der Waals surface area contributed by atoms with Gasteiger partial charge in [0.2, 0.25) is 0 Å². The first-order valence-corrected chi connectivity index (χ1v) is 7.35. The fourth-order valence-corrected chi connectivity index (χ4v) is 2.50. The van der Waals surface area contributed by atoms with Gasteiger partial charge in [-0.05, 0) is 20.0 Å². The van der Waals surface area contributed by atoms with Gasteiger partial charge in [0, 0.05) is 19.1 Å². The van der Waals surface area contributed by atoms with Crippen molar-refractivity contribution in [2.45, 2.75) is 51.5 Å². The Hall–Kier alpha value is -0.120. The van der Waals surface area contributed by atoms with Crippen molar-refractivity contribution in [2.24, 2.45) is 0 Å². The Morgan fingerprint density at radius 1 is 1.18 bits per heavy atom. The number of unbranched alkanes of at least 4 members (excludes halogenated alkanes) is 5. The van der Waals surface area contributed by atoms with Crippen LogP contribution in [0.5, 0.6) is 0 Å². The fraction of sp³-hybridized carbons (Fsp3) is 1.00. The van der Waals surface area contributed by atoms with Crippen LogP contribution in [0.25, 0.3) is 0 Å². The molecule has 1 rings (SSSR count). The molecule has 1 heterocycles. The molecule has 0 spiro atoms. The minimum Gasteiger partial charge on any atom is -0.378 e. The number of hydrogen-bond donors (Lipinski definition) is 1. The van der Waals surface area contributed by atoms with E-state index >= 15 is 0 Å². The Bertz CT molecular complexity index is 174. The van der Waals surface area contributed by atoms with Crippen LogP contribution in [-0.2, 0) is 4.74 Å². The molecule has 3 nitrogen and oxygen atoms in total. The summed E-state index contributed by atoms with van der Waals surface area (Å²) in [5, 5.41) is 3.26. The van der Waals surface area contributed by atoms with Gasteiger partial charge in [0.1, 0.15) is 0 Å². The average Bonchev–Trinajstić information content (AvgIpc) is 2.36. The molecule has 17 heavy (non-hydrogen) atoms. The zero-order valence-electron chi connectivity index (χ0n) is 11.7. The van der Waals surface area contributed by atoms with Gasteiger partial charge in [-0.25, -0.2) is 0 Å². The third kappa shape index (κ3) is 6.39. The molecule has 0 bridgehead atoms. The van der Waals surface area contributed by atoms with Crippen molar-refractivity contribution in [3.05, 3.63) is 0 Å². The minimum atomic E-state index is 0.587. The number of rotatable bonds is 9. The van der Waals surface area contributed by atoms with Gasteiger partial charge >= 0.3 is 0 Å². The molecule has 0 aromatic carbocycles. The fourth-order valence-electron chi connectivity index (χ4n) is 2.50. The van der Waals surface area contributed by atoms with Gasteiger partial charge in [0.15, 0.2) is 0 Å². The van der Waals surface area contributed by atoms with Crippen LogP contribution in [0.3, 0.4) is 0 Å². The molecule has 0 aromatic rings. The molecular formula is C14H30N2O. The van der Waals surface area contributed by atoms with Gasteiger partial charge in [0.25, 0.3) is 0 Å². The van der Waals surface area contributed by atoms with Crippen molar-refractivity contribution in [2.75, 3.05) is 39.9 Å². The van der Waals surface area contributed by atoms with Gasteiger partial charge in [0.05, 0.1) is 13.2 Å². The average molecular weight is 242 g/mol. The van der Waals surface area contributed by atoms with Gasteiger partial charge in [-0.1, -0.05) is 39.0 Å². The summed E-state index contributed by atoms with van der Waals surface area (Å²) in [6.45, 7) is 7.50. The van der Waals surface area contributed by atoms with E-state index in [9.17, 15) is 0 Å². The van der Waals surface area contributed by atoms with E-state index in [-0.39, 0.29) is 0 Å². The predicted octanol–water partition coefficient (Wildman–Crippen LogP) is 2.27. The van der Waals surface area contributed by atoms with Gasteiger partial charge in [-0.15, -0.1) is 0 Å². The van der Waals surface area contributed by atoms with E-state index in [1.807, 2.05) is 7.05 Å². The van der Waals surface area contributed by atoms with E-state index in [1.54, 1.807) is 0 Å². The topological polar surface area (TPSA) is 24.5 Å². The third-order valence-corrected chi connectivity index (χ3v) is 3.59. The van der Waals surface area contributed by atoms with Crippen LogP contribution in [0.2, 0.25) is 0 Å². The standard InChI is InChI=1S/C14H30N2O/c1-3-4-5-6-7-8-9-16-10-11-17-13-14(16)12-15-2/h14-15H,3-13H2,1-2H3. The molecular weight excluding hydrogens is 212 g/mol. The van der Waals surface area contributed by atoms with Crippen LogP contribution < -0.4 is 5.32 Å². The molecule has 1 fully saturated rings. The zero-order valence-corrected chi connectivity index (χ0v) is 11.7. The number of nitrogens with zero attached hydrogens (tertiary/aromatic N) is 1. The molecule has 0 aliphatic carbocycles. The van der Waals surface area contributed by atoms with Crippen LogP contribution >= 0.6 is 0 Å². The van der Waals surface area contributed by atoms with E-state index in [0.29, 0.717) is 6.04 Å². The lowest BCUT2D eigenvalue weighted by atomic mass is 10.1. The molecule has 0 saturated carbocycles. The maximum Gasteiger partial charge on any atom is 0.0634 e. The molecule has 1 saturated heterocycles. The molecule has 1 unspecified atom stereocenters. The number of likely N-dealkylation sites (N-methyl/N-ethyl adjacent to an activating group) is 1. The van der Waals surface area contributed by atoms with Crippen molar-refractivity contribution < 1.29 is 4.74 Å². The lowest BCUT2D eigenvalue weighted by Crippen LogP contribution is -2.50. The molecule has 1 atom stereocenters. The maximum absolute atomic E-state index is 5.54. The highest BCUT2D eigenvalue weighted by Crippen LogP contribution is 2.10. The molecule has 0 radical (unpaired) electrons. The molecule has 3 heteroatoms. The number of morpholine rings is 1. The highest BCUT2D eigenvalue weighted by atomic mass is 16.5. The first kappa shape index (κ1) is 14.9. The highest BCUT2D eigenvalue weighted by molar-refractivity contribution is 4.76. The van der Waals surface area contributed by atoms with E-state index in [1.165, 1.54) is 45.1 Å². The van der Waals surface area contributed by atoms with Crippen molar-refractivity contribution >= 4 is 0 Å². The molecule has 0 aromatic heterocycles. The maximum atomic E-state index is 5.54. The predicted molar refractivity (Wildman–Crippen MR) is 73.5 cm³/mol. The van der Waals surface area contributed by atoms with E-state index in [0.717, 1.165) is 26.3 Å². The lowest BCUT2D eigenvalue weighted by molar-refractivity contribution is -0.00681. The van der Waals surface area contributed by atoms with Crippen LogP contribution in [0.1, 0.15) is 45.4 Å². The summed E-state index contributed by atoms with van der Waals surface area (Å²) in [7, 11) is 2.03. The third-order valence-electron chi connectivity index (χ3n) is 3.59. The van der Waals surface area contributed by atoms with Crippen LogP contribution in [0.15, 0.2) is 0 Å². The first-order chi connectivity index (χ1) is 8.38. The summed E-state index contributed by atoms with van der Waals surface area (Å²) >= 11 is 0. The molecule has 1 aliphatic rings. The second kappa shape index (κ2) is 9.86. The summed E-state index contributed by atoms with van der Waals surface area (Å²) in [6, 6.07) is 0.587. The zero-order chi connectivity index (χ0) is 12.3. The molecule has 102 valence electrons. The number of hydrogen-bond acceptors (Lipinski definition) is 3. The Labute approximate surface area is 107 Å². The quantitative estimate of drug-likeness (QED) is 0.628. The van der Waals surface area contributed by atoms with Gasteiger partial charge < -0.3 is 10.1 Å². The largest absolute Gasteiger partial charge is 0.378 e. The summed E-state index contributed by atoms with van der Waals surface area (Å²) in [4.78, 5) is 2.60. The summed E-state index contributed by atoms with van der Waals surface area (Å²) in [5.74, 6) is 0. The van der Waals surface area contributed by atoms with E-state index in [4.69, 9.17) is 4.74 Å². The number of nitrogens with one attached hydrogen (secondary N) is 1. The SMILES string of the molecule is CCCCCCCCN1CCOCC1CNC. The Morgan fingerprint density at radius 3 is 2.71 bits per heavy atom. The second-order valence-corrected chi connectivity index (χ2v) is 5.09. The summed E-state index contributed by atoms with van der Waals surface area (Å²) < 4.78 is 5.54. The van der Waals surface area contributed by atoms with Gasteiger partial charge in [-0.2, -0.15) is 0 Å². The minimum absolute atomic E-state index is 0.587. The van der Waals surface area contributed by atoms with Crippen LogP contribution in [0.4, 0.5) is 0 Å². The molecule has 1 aliphatic heterocycles. The van der Waals surface area contributed by atoms with Crippen LogP contribution in [-0.4, -0.2) is 50.8 Å². The van der Waals surface area contributed by atoms with Crippen molar-refractivity contribution in [3.8, 4) is 0 Å². The van der Waals surface area contributed by atoms with Crippen molar-refractivity contribution in [3.63, 3.8) is 0 Å². The Balaban J connectivity index is 2.06. The molecule has 0 amide bonds. The van der Waals surface area contributed by atoms with E-state index < -0.39 is 0 Å². The van der Waals surface area contributed by atoms with Crippen molar-refractivity contribution in [1.82, 2.24) is 10.2 Å². The summed E-state index contributed by atoms with van der Waals surface area (Å²) in [6.07, 6.45) is 8.32. The number of ether oxygens (including phenoxy) is 1. The normalized spacial score (nSPS) is 21.9. The lowest BCUT2D eigenvalue weighted by Gasteiger charge is -2.35. The smallest absolute Gasteiger partial charge is 0.0634 e. The highest BCUT2D eigenvalue weighted by Gasteiger charge is 2.21. The summed E-state index contributed by atoms with van der Waals surface area (Å²) in [5.41, 5.74) is 0. The second-order valence-electron chi connectivity index (χ2n) is 5.09. The monoisotopic (exact) mass is 242 g/mol. The Kier molecular flexibility index (Phi) is 8.67. The Morgan fingerprint density at radius 2 is 1.94 bits per heavy atom. The van der Waals surface area contributed by atoms with E-state index in [2.05, 4.69) is 17.1 Å². The first-order valence-electron chi connectivity index (χ1n) is 7.35. The van der Waals surface area contributed by atoms with Gasteiger partial charge in [-0.3, -0.25) is 4.90 Å².